The Kier molecular flexibility index (Phi) is 7.17. The Morgan fingerprint density at radius 3 is 2.35 bits per heavy atom. The molecule has 122 valence electrons. The maximum Gasteiger partial charge on any atom is 0.260 e. The Labute approximate surface area is 143 Å². The molecule has 0 atom stereocenters. The van der Waals surface area contributed by atoms with Crippen LogP contribution in [0.2, 0.25) is 5.02 Å². The van der Waals surface area contributed by atoms with Crippen molar-refractivity contribution in [1.82, 2.24) is 10.9 Å². The lowest BCUT2D eigenvalue weighted by molar-refractivity contribution is -0.119. The van der Waals surface area contributed by atoms with Crippen molar-refractivity contribution >= 4 is 52.6 Å². The second kappa shape index (κ2) is 8.86. The summed E-state index contributed by atoms with van der Waals surface area (Å²) in [6, 6.07) is 6.47. The highest BCUT2D eigenvalue weighted by Gasteiger charge is 2.11. The number of halogens is 1. The number of carbonyl (C=O) groups is 2. The number of thiocarbonyl (C=S) groups is 1. The summed E-state index contributed by atoms with van der Waals surface area (Å²) in [6.07, 6.45) is 1.09. The van der Waals surface area contributed by atoms with E-state index in [1.54, 1.807) is 24.3 Å². The lowest BCUT2D eigenvalue weighted by atomic mass is 10.2. The van der Waals surface area contributed by atoms with E-state index < -0.39 is 5.91 Å². The molecule has 0 bridgehead atoms. The average molecular weight is 355 g/mol. The number of nitrogens with one attached hydrogen (secondary N) is 3. The lowest BCUT2D eigenvalue weighted by Gasteiger charge is -2.07. The summed E-state index contributed by atoms with van der Waals surface area (Å²) < 4.78 is 0. The average Bonchev–Trinajstić information content (AvgIpc) is 2.47. The summed E-state index contributed by atoms with van der Waals surface area (Å²) in [7, 11) is 0. The van der Waals surface area contributed by atoms with Crippen LogP contribution >= 0.6 is 23.8 Å². The molecule has 2 amide bonds. The quantitative estimate of drug-likeness (QED) is 0.219. The number of allylic oxidation sites excluding steroid dienone is 1. The SMILES string of the molecule is CC(=O)NNC(=S)N=CC(C(=O)Nc1ccc(Cl)cc1)=C(C)O. The number of aliphatic hydroxyl groups excluding tert-OH is 1. The summed E-state index contributed by atoms with van der Waals surface area (Å²) >= 11 is 10.6. The molecule has 1 rings (SSSR count). The minimum Gasteiger partial charge on any atom is -0.512 e. The van der Waals surface area contributed by atoms with Gasteiger partial charge in [0.2, 0.25) is 11.0 Å². The highest BCUT2D eigenvalue weighted by Crippen LogP contribution is 2.14. The number of anilines is 1. The van der Waals surface area contributed by atoms with Crippen LogP contribution in [0.3, 0.4) is 0 Å². The number of aliphatic hydroxyl groups is 1. The third-order valence-corrected chi connectivity index (χ3v) is 2.85. The largest absolute Gasteiger partial charge is 0.512 e. The van der Waals surface area contributed by atoms with E-state index in [1.165, 1.54) is 13.8 Å². The van der Waals surface area contributed by atoms with E-state index in [0.717, 1.165) is 6.21 Å². The smallest absolute Gasteiger partial charge is 0.260 e. The summed E-state index contributed by atoms with van der Waals surface area (Å²) in [5.74, 6) is -1.15. The van der Waals surface area contributed by atoms with Crippen molar-refractivity contribution in [2.75, 3.05) is 5.32 Å². The molecule has 0 aliphatic carbocycles. The third-order valence-electron chi connectivity index (χ3n) is 2.39. The summed E-state index contributed by atoms with van der Waals surface area (Å²) in [4.78, 5) is 26.6. The zero-order chi connectivity index (χ0) is 17.4. The molecule has 1 aromatic rings. The first-order chi connectivity index (χ1) is 10.8. The van der Waals surface area contributed by atoms with Gasteiger partial charge in [0, 0.05) is 23.8 Å². The zero-order valence-corrected chi connectivity index (χ0v) is 14.0. The van der Waals surface area contributed by atoms with Gasteiger partial charge in [-0.3, -0.25) is 20.4 Å². The molecule has 0 unspecified atom stereocenters. The molecule has 0 saturated heterocycles. The molecule has 4 N–H and O–H groups in total. The van der Waals surface area contributed by atoms with Gasteiger partial charge in [0.15, 0.2) is 0 Å². The van der Waals surface area contributed by atoms with Gasteiger partial charge in [-0.2, -0.15) is 0 Å². The summed E-state index contributed by atoms with van der Waals surface area (Å²) in [5.41, 5.74) is 5.02. The minimum absolute atomic E-state index is 0.0711. The van der Waals surface area contributed by atoms with Crippen molar-refractivity contribution in [2.24, 2.45) is 4.99 Å². The van der Waals surface area contributed by atoms with Crippen molar-refractivity contribution in [1.29, 1.82) is 0 Å². The predicted molar refractivity (Wildman–Crippen MR) is 93.5 cm³/mol. The van der Waals surface area contributed by atoms with Gasteiger partial charge in [0.05, 0.1) is 5.57 Å². The molecule has 0 saturated carbocycles. The number of carbonyl (C=O) groups excluding carboxylic acids is 2. The molecule has 23 heavy (non-hydrogen) atoms. The fourth-order valence-corrected chi connectivity index (χ4v) is 1.57. The maximum absolute atomic E-state index is 12.1. The van der Waals surface area contributed by atoms with Crippen LogP contribution in [0.25, 0.3) is 0 Å². The van der Waals surface area contributed by atoms with Crippen molar-refractivity contribution in [3.63, 3.8) is 0 Å². The van der Waals surface area contributed by atoms with Gasteiger partial charge >= 0.3 is 0 Å². The van der Waals surface area contributed by atoms with E-state index in [1.807, 2.05) is 0 Å². The Morgan fingerprint density at radius 2 is 1.83 bits per heavy atom. The van der Waals surface area contributed by atoms with Crippen molar-refractivity contribution in [3.8, 4) is 0 Å². The number of rotatable bonds is 3. The normalized spacial score (nSPS) is 11.6. The number of nitrogens with zero attached hydrogens (tertiary/aromatic N) is 1. The monoisotopic (exact) mass is 354 g/mol. The maximum atomic E-state index is 12.1. The summed E-state index contributed by atoms with van der Waals surface area (Å²) in [5, 5.41) is 12.7. The molecule has 0 aliphatic rings. The first kappa shape index (κ1) is 18.6. The number of hydrogen-bond donors (Lipinski definition) is 4. The van der Waals surface area contributed by atoms with E-state index >= 15 is 0 Å². The van der Waals surface area contributed by atoms with Crippen molar-refractivity contribution in [2.45, 2.75) is 13.8 Å². The van der Waals surface area contributed by atoms with Crippen LogP contribution in [0, 0.1) is 0 Å². The van der Waals surface area contributed by atoms with Crippen LogP contribution < -0.4 is 16.2 Å². The highest BCUT2D eigenvalue weighted by atomic mass is 35.5. The van der Waals surface area contributed by atoms with Crippen LogP contribution in [-0.2, 0) is 9.59 Å². The van der Waals surface area contributed by atoms with Gasteiger partial charge in [-0.1, -0.05) is 11.6 Å². The van der Waals surface area contributed by atoms with Gasteiger partial charge in [0.1, 0.15) is 5.76 Å². The number of hydrogen-bond acceptors (Lipinski definition) is 4. The Morgan fingerprint density at radius 1 is 1.22 bits per heavy atom. The lowest BCUT2D eigenvalue weighted by Crippen LogP contribution is -2.38. The molecule has 0 spiro atoms. The second-order valence-corrected chi connectivity index (χ2v) is 5.15. The molecular weight excluding hydrogens is 340 g/mol. The van der Waals surface area contributed by atoms with E-state index in [9.17, 15) is 14.7 Å². The summed E-state index contributed by atoms with van der Waals surface area (Å²) in [6.45, 7) is 2.63. The van der Waals surface area contributed by atoms with E-state index in [2.05, 4.69) is 21.2 Å². The fraction of sp³-hybridized carbons (Fsp3) is 0.143. The van der Waals surface area contributed by atoms with Gasteiger partial charge < -0.3 is 10.4 Å². The molecule has 0 aromatic heterocycles. The molecular formula is C14H15ClN4O3S. The van der Waals surface area contributed by atoms with Crippen LogP contribution in [0.4, 0.5) is 5.69 Å². The van der Waals surface area contributed by atoms with E-state index in [-0.39, 0.29) is 22.4 Å². The Balaban J connectivity index is 2.76. The van der Waals surface area contributed by atoms with Crippen LogP contribution in [0.1, 0.15) is 13.8 Å². The molecule has 0 radical (unpaired) electrons. The van der Waals surface area contributed by atoms with Crippen molar-refractivity contribution < 1.29 is 14.7 Å². The number of hydrazine groups is 1. The number of amides is 2. The minimum atomic E-state index is -0.571. The zero-order valence-electron chi connectivity index (χ0n) is 12.4. The van der Waals surface area contributed by atoms with E-state index in [4.69, 9.17) is 23.8 Å². The Hall–Kier alpha value is -2.45. The molecule has 0 aliphatic heterocycles. The number of aliphatic imine (C=N–C) groups is 1. The third kappa shape index (κ3) is 6.90. The molecule has 0 heterocycles. The van der Waals surface area contributed by atoms with Gasteiger partial charge in [-0.25, -0.2) is 4.99 Å². The van der Waals surface area contributed by atoms with Gasteiger partial charge in [0.25, 0.3) is 5.91 Å². The van der Waals surface area contributed by atoms with Crippen LogP contribution in [0.5, 0.6) is 0 Å². The first-order valence-electron chi connectivity index (χ1n) is 6.37. The number of benzene rings is 1. The fourth-order valence-electron chi connectivity index (χ4n) is 1.34. The second-order valence-electron chi connectivity index (χ2n) is 4.33. The topological polar surface area (TPSA) is 103 Å². The molecule has 1 aromatic carbocycles. The Bertz CT molecular complexity index is 667. The van der Waals surface area contributed by atoms with Crippen LogP contribution in [-0.4, -0.2) is 28.2 Å². The molecule has 0 fully saturated rings. The highest BCUT2D eigenvalue weighted by molar-refractivity contribution is 7.80. The van der Waals surface area contributed by atoms with Crippen molar-refractivity contribution in [3.05, 3.63) is 40.6 Å². The van der Waals surface area contributed by atoms with Crippen LogP contribution in [0.15, 0.2) is 40.6 Å². The molecule has 7 nitrogen and oxygen atoms in total. The predicted octanol–water partition coefficient (Wildman–Crippen LogP) is 2.11. The first-order valence-corrected chi connectivity index (χ1v) is 7.15. The van der Waals surface area contributed by atoms with Gasteiger partial charge in [-0.05, 0) is 43.4 Å². The van der Waals surface area contributed by atoms with E-state index in [0.29, 0.717) is 10.7 Å². The molecule has 9 heteroatoms. The standard InChI is InChI=1S/C14H15ClN4O3S/c1-8(20)12(7-16-14(23)19-18-9(2)21)13(22)17-11-5-3-10(15)4-6-11/h3-7,20H,1-2H3,(H,17,22)(H,18,21)(H,19,23). The van der Waals surface area contributed by atoms with Gasteiger partial charge in [-0.15, -0.1) is 0 Å².